The molecular weight excluding hydrogens is 214 g/mol. The molecule has 1 heterocycles. The van der Waals surface area contributed by atoms with Crippen LogP contribution in [0.2, 0.25) is 0 Å². The molecule has 1 aliphatic rings. The monoisotopic (exact) mass is 233 g/mol. The number of benzene rings is 1. The van der Waals surface area contributed by atoms with Gasteiger partial charge in [0.15, 0.2) is 0 Å². The van der Waals surface area contributed by atoms with Gasteiger partial charge < -0.3 is 10.0 Å². The standard InChI is InChI=1S/C14H19NO2/c1-10-3-5-12(6-4-10)8-15-11(2)13(9-16)7-14(15)17/h3-6,11,13,16H,7-9H2,1-2H3. The number of amides is 1. The van der Waals surface area contributed by atoms with Gasteiger partial charge in [-0.3, -0.25) is 4.79 Å². The quantitative estimate of drug-likeness (QED) is 0.863. The summed E-state index contributed by atoms with van der Waals surface area (Å²) in [6, 6.07) is 8.37. The molecule has 0 radical (unpaired) electrons. The summed E-state index contributed by atoms with van der Waals surface area (Å²) >= 11 is 0. The third-order valence-electron chi connectivity index (χ3n) is 3.64. The van der Waals surface area contributed by atoms with Crippen LogP contribution in [0.4, 0.5) is 0 Å². The minimum Gasteiger partial charge on any atom is -0.396 e. The minimum atomic E-state index is 0.0907. The molecule has 1 saturated heterocycles. The fourth-order valence-electron chi connectivity index (χ4n) is 2.33. The van der Waals surface area contributed by atoms with Gasteiger partial charge in [-0.2, -0.15) is 0 Å². The first-order valence-corrected chi connectivity index (χ1v) is 6.07. The number of hydrogen-bond donors (Lipinski definition) is 1. The number of carbonyl (C=O) groups is 1. The number of aliphatic hydroxyl groups is 1. The van der Waals surface area contributed by atoms with E-state index in [-0.39, 0.29) is 24.5 Å². The van der Waals surface area contributed by atoms with E-state index >= 15 is 0 Å². The lowest BCUT2D eigenvalue weighted by molar-refractivity contribution is -0.129. The van der Waals surface area contributed by atoms with Crippen LogP contribution < -0.4 is 0 Å². The van der Waals surface area contributed by atoms with Crippen LogP contribution in [-0.2, 0) is 11.3 Å². The highest BCUT2D eigenvalue weighted by Gasteiger charge is 2.35. The summed E-state index contributed by atoms with van der Waals surface area (Å²) in [5.74, 6) is 0.241. The van der Waals surface area contributed by atoms with E-state index in [2.05, 4.69) is 31.2 Å². The van der Waals surface area contributed by atoms with Crippen molar-refractivity contribution >= 4 is 5.91 Å². The molecule has 2 rings (SSSR count). The lowest BCUT2D eigenvalue weighted by atomic mass is 10.0. The van der Waals surface area contributed by atoms with E-state index in [1.807, 2.05) is 11.8 Å². The Morgan fingerprint density at radius 1 is 1.35 bits per heavy atom. The van der Waals surface area contributed by atoms with Gasteiger partial charge in [0.05, 0.1) is 0 Å². The zero-order chi connectivity index (χ0) is 12.4. The van der Waals surface area contributed by atoms with Gasteiger partial charge in [-0.25, -0.2) is 0 Å². The molecule has 3 heteroatoms. The maximum Gasteiger partial charge on any atom is 0.223 e. The first-order chi connectivity index (χ1) is 8.11. The van der Waals surface area contributed by atoms with Gasteiger partial charge in [-0.05, 0) is 19.4 Å². The van der Waals surface area contributed by atoms with Gasteiger partial charge in [-0.15, -0.1) is 0 Å². The summed E-state index contributed by atoms with van der Waals surface area (Å²) in [5.41, 5.74) is 2.37. The highest BCUT2D eigenvalue weighted by atomic mass is 16.3. The van der Waals surface area contributed by atoms with Crippen molar-refractivity contribution in [3.63, 3.8) is 0 Å². The SMILES string of the molecule is Cc1ccc(CN2C(=O)CC(CO)C2C)cc1. The minimum absolute atomic E-state index is 0.0907. The highest BCUT2D eigenvalue weighted by molar-refractivity contribution is 5.79. The third-order valence-corrected chi connectivity index (χ3v) is 3.64. The van der Waals surface area contributed by atoms with E-state index in [1.165, 1.54) is 5.56 Å². The van der Waals surface area contributed by atoms with Crippen LogP contribution in [0.15, 0.2) is 24.3 Å². The van der Waals surface area contributed by atoms with Crippen molar-refractivity contribution in [1.29, 1.82) is 0 Å². The Morgan fingerprint density at radius 3 is 2.53 bits per heavy atom. The van der Waals surface area contributed by atoms with Crippen LogP contribution in [0.1, 0.15) is 24.5 Å². The molecular formula is C14H19NO2. The molecule has 0 aromatic heterocycles. The lowest BCUT2D eigenvalue weighted by Crippen LogP contribution is -2.33. The molecule has 1 aliphatic heterocycles. The Balaban J connectivity index is 2.08. The number of rotatable bonds is 3. The fourth-order valence-corrected chi connectivity index (χ4v) is 2.33. The van der Waals surface area contributed by atoms with E-state index in [4.69, 9.17) is 0 Å². The second-order valence-corrected chi connectivity index (χ2v) is 4.89. The Morgan fingerprint density at radius 2 is 2.00 bits per heavy atom. The molecule has 2 atom stereocenters. The van der Waals surface area contributed by atoms with E-state index < -0.39 is 0 Å². The van der Waals surface area contributed by atoms with Crippen LogP contribution in [0.25, 0.3) is 0 Å². The predicted molar refractivity (Wildman–Crippen MR) is 66.4 cm³/mol. The molecule has 0 aliphatic carbocycles. The number of carbonyl (C=O) groups excluding carboxylic acids is 1. The van der Waals surface area contributed by atoms with Crippen LogP contribution in [0.3, 0.4) is 0 Å². The number of aryl methyl sites for hydroxylation is 1. The van der Waals surface area contributed by atoms with E-state index in [0.29, 0.717) is 13.0 Å². The Hall–Kier alpha value is -1.35. The van der Waals surface area contributed by atoms with Crippen LogP contribution in [-0.4, -0.2) is 28.6 Å². The van der Waals surface area contributed by atoms with Gasteiger partial charge >= 0.3 is 0 Å². The van der Waals surface area contributed by atoms with E-state index in [0.717, 1.165) is 5.56 Å². The van der Waals surface area contributed by atoms with Crippen molar-refractivity contribution in [3.8, 4) is 0 Å². The van der Waals surface area contributed by atoms with Gasteiger partial charge in [0, 0.05) is 31.5 Å². The smallest absolute Gasteiger partial charge is 0.223 e. The molecule has 92 valence electrons. The van der Waals surface area contributed by atoms with Gasteiger partial charge in [0.25, 0.3) is 0 Å². The summed E-state index contributed by atoms with van der Waals surface area (Å²) in [7, 11) is 0. The summed E-state index contributed by atoms with van der Waals surface area (Å²) in [6.45, 7) is 4.81. The number of hydrogen-bond acceptors (Lipinski definition) is 2. The predicted octanol–water partition coefficient (Wildman–Crippen LogP) is 1.72. The molecule has 0 spiro atoms. The third kappa shape index (κ3) is 2.50. The maximum absolute atomic E-state index is 11.8. The molecule has 1 aromatic carbocycles. The first kappa shape index (κ1) is 12.1. The molecule has 17 heavy (non-hydrogen) atoms. The topological polar surface area (TPSA) is 40.5 Å². The number of aliphatic hydroxyl groups excluding tert-OH is 1. The molecule has 3 nitrogen and oxygen atoms in total. The Bertz CT molecular complexity index is 399. The second-order valence-electron chi connectivity index (χ2n) is 4.89. The maximum atomic E-state index is 11.8. The second kappa shape index (κ2) is 4.88. The van der Waals surface area contributed by atoms with Gasteiger partial charge in [-0.1, -0.05) is 29.8 Å². The number of nitrogens with zero attached hydrogens (tertiary/aromatic N) is 1. The summed E-state index contributed by atoms with van der Waals surface area (Å²) in [4.78, 5) is 13.7. The largest absolute Gasteiger partial charge is 0.396 e. The van der Waals surface area contributed by atoms with Crippen molar-refractivity contribution in [1.82, 2.24) is 4.90 Å². The molecule has 1 N–H and O–H groups in total. The van der Waals surface area contributed by atoms with Crippen LogP contribution >= 0.6 is 0 Å². The van der Waals surface area contributed by atoms with E-state index in [1.54, 1.807) is 0 Å². The van der Waals surface area contributed by atoms with Crippen LogP contribution in [0, 0.1) is 12.8 Å². The highest BCUT2D eigenvalue weighted by Crippen LogP contribution is 2.26. The number of likely N-dealkylation sites (tertiary alicyclic amines) is 1. The fraction of sp³-hybridized carbons (Fsp3) is 0.500. The van der Waals surface area contributed by atoms with Crippen molar-refractivity contribution in [2.45, 2.75) is 32.9 Å². The van der Waals surface area contributed by atoms with Crippen molar-refractivity contribution in [3.05, 3.63) is 35.4 Å². The summed E-state index contributed by atoms with van der Waals surface area (Å²) in [5, 5.41) is 9.20. The molecule has 1 amide bonds. The molecule has 1 aromatic rings. The van der Waals surface area contributed by atoms with Gasteiger partial charge in [0.1, 0.15) is 0 Å². The van der Waals surface area contributed by atoms with Crippen molar-refractivity contribution in [2.75, 3.05) is 6.61 Å². The van der Waals surface area contributed by atoms with Crippen molar-refractivity contribution < 1.29 is 9.90 Å². The summed E-state index contributed by atoms with van der Waals surface area (Å²) in [6.07, 6.45) is 0.476. The summed E-state index contributed by atoms with van der Waals surface area (Å²) < 4.78 is 0. The van der Waals surface area contributed by atoms with Gasteiger partial charge in [0.2, 0.25) is 5.91 Å². The average molecular weight is 233 g/mol. The molecule has 0 saturated carbocycles. The molecule has 1 fully saturated rings. The zero-order valence-electron chi connectivity index (χ0n) is 10.4. The first-order valence-electron chi connectivity index (χ1n) is 6.07. The van der Waals surface area contributed by atoms with Crippen molar-refractivity contribution in [2.24, 2.45) is 5.92 Å². The van der Waals surface area contributed by atoms with E-state index in [9.17, 15) is 9.90 Å². The zero-order valence-corrected chi connectivity index (χ0v) is 10.4. The molecule has 2 unspecified atom stereocenters. The van der Waals surface area contributed by atoms with Crippen LogP contribution in [0.5, 0.6) is 0 Å². The average Bonchev–Trinajstić information content (AvgIpc) is 2.59. The normalized spacial score (nSPS) is 24.4. The Kier molecular flexibility index (Phi) is 3.48. The Labute approximate surface area is 102 Å². The lowest BCUT2D eigenvalue weighted by Gasteiger charge is -2.24. The molecule has 0 bridgehead atoms.